The van der Waals surface area contributed by atoms with Crippen molar-refractivity contribution in [2.75, 3.05) is 5.32 Å². The zero-order chi connectivity index (χ0) is 13.1. The van der Waals surface area contributed by atoms with Crippen LogP contribution in [0.1, 0.15) is 5.69 Å². The van der Waals surface area contributed by atoms with Gasteiger partial charge in [0, 0.05) is 11.9 Å². The number of nitrogens with one attached hydrogen (secondary N) is 1. The molecule has 1 aromatic heterocycles. The van der Waals surface area contributed by atoms with E-state index in [1.165, 1.54) is 0 Å². The smallest absolute Gasteiger partial charge is 0.122 e. The molecule has 1 aromatic carbocycles. The normalized spacial score (nSPS) is 10.1. The predicted octanol–water partition coefficient (Wildman–Crippen LogP) is 3.88. The second-order valence-corrected chi connectivity index (χ2v) is 5.16. The topological polar surface area (TPSA) is 50.9 Å². The van der Waals surface area contributed by atoms with Crippen molar-refractivity contribution in [1.29, 1.82) is 0 Å². The number of anilines is 2. The second-order valence-electron chi connectivity index (χ2n) is 3.52. The van der Waals surface area contributed by atoms with E-state index in [-0.39, 0.29) is 4.99 Å². The van der Waals surface area contributed by atoms with Crippen LogP contribution in [0.4, 0.5) is 11.4 Å². The fraction of sp³-hybridized carbons (Fsp3) is 0. The molecule has 2 rings (SSSR count). The first-order chi connectivity index (χ1) is 8.58. The molecule has 0 spiro atoms. The summed E-state index contributed by atoms with van der Waals surface area (Å²) in [5.41, 5.74) is 7.82. The summed E-state index contributed by atoms with van der Waals surface area (Å²) >= 11 is 14.3. The fourth-order valence-electron chi connectivity index (χ4n) is 1.40. The van der Waals surface area contributed by atoms with Crippen LogP contribution in [0.5, 0.6) is 0 Å². The molecule has 0 bridgehead atoms. The number of benzene rings is 1. The molecule has 0 aliphatic heterocycles. The number of aromatic nitrogens is 1. The lowest BCUT2D eigenvalue weighted by Crippen LogP contribution is -2.11. The van der Waals surface area contributed by atoms with Crippen molar-refractivity contribution in [1.82, 2.24) is 4.98 Å². The molecule has 0 saturated heterocycles. The lowest BCUT2D eigenvalue weighted by molar-refractivity contribution is 1.29. The molecule has 92 valence electrons. The standard InChI is InChI=1S/C12H9BrClN3S/c13-11-8(14)2-1-3-9(11)17-7-4-5-16-10(6-7)12(15)18/h1-6H,(H2,15,18)(H,16,17). The van der Waals surface area contributed by atoms with E-state index in [1.54, 1.807) is 12.3 Å². The van der Waals surface area contributed by atoms with E-state index < -0.39 is 0 Å². The summed E-state index contributed by atoms with van der Waals surface area (Å²) in [4.78, 5) is 4.34. The highest BCUT2D eigenvalue weighted by Crippen LogP contribution is 2.32. The molecular weight excluding hydrogens is 334 g/mol. The van der Waals surface area contributed by atoms with Crippen LogP contribution in [0.2, 0.25) is 5.02 Å². The summed E-state index contributed by atoms with van der Waals surface area (Å²) in [6.45, 7) is 0. The first-order valence-corrected chi connectivity index (χ1v) is 6.63. The molecule has 6 heteroatoms. The van der Waals surface area contributed by atoms with Gasteiger partial charge in [-0.15, -0.1) is 0 Å². The Hall–Kier alpha value is -1.17. The van der Waals surface area contributed by atoms with Gasteiger partial charge >= 0.3 is 0 Å². The maximum atomic E-state index is 6.02. The van der Waals surface area contributed by atoms with Gasteiger partial charge in [0.15, 0.2) is 0 Å². The lowest BCUT2D eigenvalue weighted by Gasteiger charge is -2.10. The van der Waals surface area contributed by atoms with Gasteiger partial charge in [-0.25, -0.2) is 0 Å². The van der Waals surface area contributed by atoms with Crippen molar-refractivity contribution >= 4 is 56.1 Å². The van der Waals surface area contributed by atoms with E-state index in [2.05, 4.69) is 26.2 Å². The van der Waals surface area contributed by atoms with Crippen molar-refractivity contribution in [3.05, 3.63) is 51.7 Å². The third kappa shape index (κ3) is 2.98. The summed E-state index contributed by atoms with van der Waals surface area (Å²) in [7, 11) is 0. The Morgan fingerprint density at radius 3 is 2.89 bits per heavy atom. The Balaban J connectivity index is 2.31. The summed E-state index contributed by atoms with van der Waals surface area (Å²) in [6.07, 6.45) is 1.65. The third-order valence-electron chi connectivity index (χ3n) is 2.24. The average Bonchev–Trinajstić information content (AvgIpc) is 2.35. The first-order valence-electron chi connectivity index (χ1n) is 5.05. The SMILES string of the molecule is NC(=S)c1cc(Nc2cccc(Cl)c2Br)ccn1. The Morgan fingerprint density at radius 1 is 1.39 bits per heavy atom. The number of thiocarbonyl (C=S) groups is 1. The van der Waals surface area contributed by atoms with Gasteiger partial charge in [0.1, 0.15) is 4.99 Å². The van der Waals surface area contributed by atoms with Gasteiger partial charge in [-0.3, -0.25) is 4.98 Å². The molecule has 18 heavy (non-hydrogen) atoms. The van der Waals surface area contributed by atoms with Crippen molar-refractivity contribution < 1.29 is 0 Å². The van der Waals surface area contributed by atoms with E-state index in [0.29, 0.717) is 10.7 Å². The van der Waals surface area contributed by atoms with Gasteiger partial charge in [-0.2, -0.15) is 0 Å². The molecule has 0 aliphatic rings. The molecular formula is C12H9BrClN3S. The molecule has 0 saturated carbocycles. The molecule has 0 aliphatic carbocycles. The van der Waals surface area contributed by atoms with Gasteiger partial charge in [0.25, 0.3) is 0 Å². The number of hydrogen-bond acceptors (Lipinski definition) is 3. The van der Waals surface area contributed by atoms with Gasteiger partial charge < -0.3 is 11.1 Å². The Morgan fingerprint density at radius 2 is 2.17 bits per heavy atom. The Kier molecular flexibility index (Phi) is 4.16. The quantitative estimate of drug-likeness (QED) is 0.831. The van der Waals surface area contributed by atoms with Gasteiger partial charge in [-0.05, 0) is 40.2 Å². The molecule has 2 aromatic rings. The molecule has 0 atom stereocenters. The number of halogens is 2. The number of hydrogen-bond donors (Lipinski definition) is 2. The summed E-state index contributed by atoms with van der Waals surface area (Å²) in [6, 6.07) is 9.20. The summed E-state index contributed by atoms with van der Waals surface area (Å²) < 4.78 is 0.806. The Bertz CT molecular complexity index is 604. The molecule has 0 amide bonds. The van der Waals surface area contributed by atoms with Gasteiger partial charge in [0.05, 0.1) is 20.9 Å². The number of nitrogens with two attached hydrogens (primary N) is 1. The maximum absolute atomic E-state index is 6.02. The largest absolute Gasteiger partial charge is 0.388 e. The molecule has 0 radical (unpaired) electrons. The minimum Gasteiger partial charge on any atom is -0.388 e. The third-order valence-corrected chi connectivity index (χ3v) is 3.85. The van der Waals surface area contributed by atoms with Crippen LogP contribution in [0.3, 0.4) is 0 Å². The zero-order valence-electron chi connectivity index (χ0n) is 9.15. The van der Waals surface area contributed by atoms with E-state index in [9.17, 15) is 0 Å². The van der Waals surface area contributed by atoms with Crippen LogP contribution in [0, 0.1) is 0 Å². The van der Waals surface area contributed by atoms with Crippen molar-refractivity contribution in [3.8, 4) is 0 Å². The highest BCUT2D eigenvalue weighted by molar-refractivity contribution is 9.10. The molecule has 1 heterocycles. The minimum atomic E-state index is 0.267. The fourth-order valence-corrected chi connectivity index (χ4v) is 2.05. The van der Waals surface area contributed by atoms with Crippen LogP contribution in [0.25, 0.3) is 0 Å². The van der Waals surface area contributed by atoms with E-state index >= 15 is 0 Å². The monoisotopic (exact) mass is 341 g/mol. The van der Waals surface area contributed by atoms with Crippen molar-refractivity contribution in [2.24, 2.45) is 5.73 Å². The van der Waals surface area contributed by atoms with Gasteiger partial charge in [-0.1, -0.05) is 29.9 Å². The lowest BCUT2D eigenvalue weighted by atomic mass is 10.2. The zero-order valence-corrected chi connectivity index (χ0v) is 12.3. The van der Waals surface area contributed by atoms with Crippen molar-refractivity contribution in [3.63, 3.8) is 0 Å². The highest BCUT2D eigenvalue weighted by Gasteiger charge is 2.05. The van der Waals surface area contributed by atoms with Crippen LogP contribution in [-0.2, 0) is 0 Å². The van der Waals surface area contributed by atoms with Crippen molar-refractivity contribution in [2.45, 2.75) is 0 Å². The van der Waals surface area contributed by atoms with Crippen LogP contribution in [-0.4, -0.2) is 9.97 Å². The Labute approximate surface area is 123 Å². The first kappa shape index (κ1) is 13.3. The summed E-state index contributed by atoms with van der Waals surface area (Å²) in [5, 5.41) is 3.86. The highest BCUT2D eigenvalue weighted by atomic mass is 79.9. The van der Waals surface area contributed by atoms with E-state index in [4.69, 9.17) is 29.6 Å². The van der Waals surface area contributed by atoms with Gasteiger partial charge in [0.2, 0.25) is 0 Å². The predicted molar refractivity (Wildman–Crippen MR) is 82.6 cm³/mol. The number of nitrogens with zero attached hydrogens (tertiary/aromatic N) is 1. The van der Waals surface area contributed by atoms with E-state index in [0.717, 1.165) is 15.8 Å². The second kappa shape index (κ2) is 5.65. The van der Waals surface area contributed by atoms with Crippen LogP contribution < -0.4 is 11.1 Å². The van der Waals surface area contributed by atoms with Crippen LogP contribution in [0.15, 0.2) is 41.0 Å². The maximum Gasteiger partial charge on any atom is 0.122 e. The van der Waals surface area contributed by atoms with E-state index in [1.807, 2.05) is 24.3 Å². The molecule has 3 N–H and O–H groups in total. The number of rotatable bonds is 3. The average molecular weight is 343 g/mol. The molecule has 3 nitrogen and oxygen atoms in total. The summed E-state index contributed by atoms with van der Waals surface area (Å²) in [5.74, 6) is 0. The number of pyridine rings is 1. The molecule has 0 fully saturated rings. The molecule has 0 unspecified atom stereocenters. The minimum absolute atomic E-state index is 0.267. The van der Waals surface area contributed by atoms with Crippen LogP contribution >= 0.6 is 39.7 Å².